The quantitative estimate of drug-likeness (QED) is 0.785. The van der Waals surface area contributed by atoms with Crippen molar-refractivity contribution in [2.75, 3.05) is 23.9 Å². The highest BCUT2D eigenvalue weighted by molar-refractivity contribution is 6.17. The second kappa shape index (κ2) is 6.37. The summed E-state index contributed by atoms with van der Waals surface area (Å²) in [6, 6.07) is 2.13. The van der Waals surface area contributed by atoms with Crippen LogP contribution in [0.4, 0.5) is 5.82 Å². The summed E-state index contributed by atoms with van der Waals surface area (Å²) >= 11 is 5.86. The molecule has 2 heterocycles. The van der Waals surface area contributed by atoms with Crippen LogP contribution in [0, 0.1) is 12.8 Å². The molecule has 0 aromatic carbocycles. The maximum absolute atomic E-state index is 5.86. The Morgan fingerprint density at radius 3 is 3.00 bits per heavy atom. The Hall–Kier alpha value is -0.830. The zero-order valence-electron chi connectivity index (χ0n) is 11.3. The number of aryl methyl sites for hydroxylation is 2. The largest absolute Gasteiger partial charge is 0.356 e. The molecule has 1 aromatic heterocycles. The summed E-state index contributed by atoms with van der Waals surface area (Å²) in [5.41, 5.74) is 1.14. The summed E-state index contributed by atoms with van der Waals surface area (Å²) in [6.07, 6.45) is 4.62. The third-order valence-electron chi connectivity index (χ3n) is 3.60. The fourth-order valence-corrected chi connectivity index (χ4v) is 2.93. The molecule has 0 aliphatic carbocycles. The number of alkyl halides is 1. The van der Waals surface area contributed by atoms with Crippen LogP contribution in [0.2, 0.25) is 0 Å². The van der Waals surface area contributed by atoms with Crippen molar-refractivity contribution in [3.8, 4) is 0 Å². The lowest BCUT2D eigenvalue weighted by Gasteiger charge is -2.33. The number of aromatic nitrogens is 2. The average Bonchev–Trinajstić information content (AvgIpc) is 2.39. The molecule has 3 nitrogen and oxygen atoms in total. The van der Waals surface area contributed by atoms with Crippen molar-refractivity contribution in [3.63, 3.8) is 0 Å². The van der Waals surface area contributed by atoms with Gasteiger partial charge in [0, 0.05) is 30.7 Å². The molecule has 0 saturated carbocycles. The van der Waals surface area contributed by atoms with E-state index in [1.165, 1.54) is 12.8 Å². The third kappa shape index (κ3) is 3.35. The summed E-state index contributed by atoms with van der Waals surface area (Å²) in [4.78, 5) is 11.4. The summed E-state index contributed by atoms with van der Waals surface area (Å²) in [6.45, 7) is 6.31. The van der Waals surface area contributed by atoms with Crippen LogP contribution in [0.5, 0.6) is 0 Å². The first-order valence-corrected chi connectivity index (χ1v) is 7.42. The zero-order chi connectivity index (χ0) is 13.0. The summed E-state index contributed by atoms with van der Waals surface area (Å²) in [5.74, 6) is 3.46. The Labute approximate surface area is 115 Å². The molecular weight excluding hydrogens is 246 g/mol. The molecule has 1 aliphatic rings. The first kappa shape index (κ1) is 13.6. The van der Waals surface area contributed by atoms with Crippen molar-refractivity contribution < 1.29 is 0 Å². The van der Waals surface area contributed by atoms with Crippen LogP contribution in [-0.4, -0.2) is 28.9 Å². The van der Waals surface area contributed by atoms with Crippen molar-refractivity contribution >= 4 is 17.4 Å². The van der Waals surface area contributed by atoms with Crippen molar-refractivity contribution in [2.45, 2.75) is 39.5 Å². The molecule has 1 saturated heterocycles. The SMILES string of the molecule is CCc1cc(N2CCCC(CCCl)C2)nc(C)n1. The van der Waals surface area contributed by atoms with Gasteiger partial charge in [0.15, 0.2) is 0 Å². The van der Waals surface area contributed by atoms with Gasteiger partial charge >= 0.3 is 0 Å². The van der Waals surface area contributed by atoms with E-state index in [1.807, 2.05) is 6.92 Å². The van der Waals surface area contributed by atoms with Gasteiger partial charge in [-0.25, -0.2) is 9.97 Å². The van der Waals surface area contributed by atoms with E-state index in [1.54, 1.807) is 0 Å². The molecule has 1 aliphatic heterocycles. The Morgan fingerprint density at radius 1 is 1.44 bits per heavy atom. The van der Waals surface area contributed by atoms with Crippen LogP contribution < -0.4 is 4.90 Å². The van der Waals surface area contributed by atoms with Gasteiger partial charge in [0.1, 0.15) is 11.6 Å². The molecule has 100 valence electrons. The van der Waals surface area contributed by atoms with E-state index >= 15 is 0 Å². The highest BCUT2D eigenvalue weighted by Gasteiger charge is 2.20. The van der Waals surface area contributed by atoms with Crippen molar-refractivity contribution in [2.24, 2.45) is 5.92 Å². The fourth-order valence-electron chi connectivity index (χ4n) is 2.62. The van der Waals surface area contributed by atoms with E-state index in [9.17, 15) is 0 Å². The first-order valence-electron chi connectivity index (χ1n) is 6.88. The van der Waals surface area contributed by atoms with Crippen LogP contribution in [-0.2, 0) is 6.42 Å². The highest BCUT2D eigenvalue weighted by Crippen LogP contribution is 2.24. The fraction of sp³-hybridized carbons (Fsp3) is 0.714. The molecule has 0 bridgehead atoms. The maximum Gasteiger partial charge on any atom is 0.132 e. The molecule has 0 radical (unpaired) electrons. The number of piperidine rings is 1. The molecule has 0 amide bonds. The number of nitrogens with zero attached hydrogens (tertiary/aromatic N) is 3. The van der Waals surface area contributed by atoms with Crippen LogP contribution in [0.25, 0.3) is 0 Å². The molecule has 1 unspecified atom stereocenters. The Bertz CT molecular complexity index is 393. The van der Waals surface area contributed by atoms with Gasteiger partial charge in [-0.2, -0.15) is 0 Å². The van der Waals surface area contributed by atoms with Crippen LogP contribution >= 0.6 is 11.6 Å². The first-order chi connectivity index (χ1) is 8.72. The molecule has 1 aromatic rings. The smallest absolute Gasteiger partial charge is 0.132 e. The van der Waals surface area contributed by atoms with E-state index in [-0.39, 0.29) is 0 Å². The van der Waals surface area contributed by atoms with Gasteiger partial charge in [-0.3, -0.25) is 0 Å². The van der Waals surface area contributed by atoms with Gasteiger partial charge in [-0.05, 0) is 38.5 Å². The Morgan fingerprint density at radius 2 is 2.28 bits per heavy atom. The van der Waals surface area contributed by atoms with E-state index in [0.717, 1.165) is 55.1 Å². The second-order valence-corrected chi connectivity index (χ2v) is 5.43. The predicted molar refractivity (Wildman–Crippen MR) is 76.4 cm³/mol. The normalized spacial score (nSPS) is 20.2. The van der Waals surface area contributed by atoms with Gasteiger partial charge in [0.2, 0.25) is 0 Å². The molecular formula is C14H22ClN3. The minimum Gasteiger partial charge on any atom is -0.356 e. The second-order valence-electron chi connectivity index (χ2n) is 5.05. The van der Waals surface area contributed by atoms with E-state index in [2.05, 4.69) is 27.9 Å². The predicted octanol–water partition coefficient (Wildman–Crippen LogP) is 3.19. The molecule has 4 heteroatoms. The summed E-state index contributed by atoms with van der Waals surface area (Å²) < 4.78 is 0. The lowest BCUT2D eigenvalue weighted by molar-refractivity contribution is 0.404. The lowest BCUT2D eigenvalue weighted by atomic mass is 9.95. The van der Waals surface area contributed by atoms with Gasteiger partial charge in [-0.15, -0.1) is 11.6 Å². The number of rotatable bonds is 4. The number of anilines is 1. The third-order valence-corrected chi connectivity index (χ3v) is 3.82. The molecule has 1 atom stereocenters. The maximum atomic E-state index is 5.86. The van der Waals surface area contributed by atoms with Gasteiger partial charge < -0.3 is 4.90 Å². The number of halogens is 1. The average molecular weight is 268 g/mol. The van der Waals surface area contributed by atoms with Gasteiger partial charge in [0.25, 0.3) is 0 Å². The molecule has 2 rings (SSSR count). The molecule has 0 N–H and O–H groups in total. The lowest BCUT2D eigenvalue weighted by Crippen LogP contribution is -2.36. The minimum atomic E-state index is 0.719. The standard InChI is InChI=1S/C14H22ClN3/c1-3-13-9-14(17-11(2)16-13)18-8-4-5-12(10-18)6-7-15/h9,12H,3-8,10H2,1-2H3. The van der Waals surface area contributed by atoms with E-state index in [4.69, 9.17) is 11.6 Å². The van der Waals surface area contributed by atoms with Crippen molar-refractivity contribution in [1.29, 1.82) is 0 Å². The van der Waals surface area contributed by atoms with Gasteiger partial charge in [0.05, 0.1) is 0 Å². The molecule has 1 fully saturated rings. The van der Waals surface area contributed by atoms with E-state index in [0.29, 0.717) is 0 Å². The Kier molecular flexibility index (Phi) is 4.81. The van der Waals surface area contributed by atoms with Crippen molar-refractivity contribution in [1.82, 2.24) is 9.97 Å². The molecule has 18 heavy (non-hydrogen) atoms. The van der Waals surface area contributed by atoms with Crippen LogP contribution in [0.1, 0.15) is 37.7 Å². The number of hydrogen-bond acceptors (Lipinski definition) is 3. The van der Waals surface area contributed by atoms with E-state index < -0.39 is 0 Å². The topological polar surface area (TPSA) is 29.0 Å². The van der Waals surface area contributed by atoms with Crippen molar-refractivity contribution in [3.05, 3.63) is 17.6 Å². The molecule has 0 spiro atoms. The number of hydrogen-bond donors (Lipinski definition) is 0. The summed E-state index contributed by atoms with van der Waals surface area (Å²) in [5, 5.41) is 0. The zero-order valence-corrected chi connectivity index (χ0v) is 12.1. The van der Waals surface area contributed by atoms with Crippen LogP contribution in [0.15, 0.2) is 6.07 Å². The summed E-state index contributed by atoms with van der Waals surface area (Å²) in [7, 11) is 0. The Balaban J connectivity index is 2.12. The van der Waals surface area contributed by atoms with Crippen LogP contribution in [0.3, 0.4) is 0 Å². The highest BCUT2D eigenvalue weighted by atomic mass is 35.5. The monoisotopic (exact) mass is 267 g/mol. The van der Waals surface area contributed by atoms with Gasteiger partial charge in [-0.1, -0.05) is 6.92 Å². The minimum absolute atomic E-state index is 0.719.